The van der Waals surface area contributed by atoms with Crippen LogP contribution in [0.15, 0.2) is 0 Å². The second-order valence-corrected chi connectivity index (χ2v) is 44.0. The van der Waals surface area contributed by atoms with E-state index in [0.29, 0.717) is 83.5 Å². The van der Waals surface area contributed by atoms with Crippen molar-refractivity contribution >= 4 is 29.8 Å². The Balaban J connectivity index is 0.000000112. The van der Waals surface area contributed by atoms with Crippen LogP contribution in [0.5, 0.6) is 0 Å². The summed E-state index contributed by atoms with van der Waals surface area (Å²) in [4.78, 5) is 63.6. The van der Waals surface area contributed by atoms with E-state index < -0.39 is 6.29 Å². The molecule has 0 aromatic carbocycles. The molecular weight excluding hydrogens is 1320 g/mol. The van der Waals surface area contributed by atoms with Gasteiger partial charge in [0, 0.05) is 12.0 Å². The Morgan fingerprint density at radius 1 is 0.387 bits per heavy atom. The second kappa shape index (κ2) is 30.9. The highest BCUT2D eigenvalue weighted by atomic mass is 16.7. The number of hydrogen-bond donors (Lipinski definition) is 0. The molecule has 11 nitrogen and oxygen atoms in total. The summed E-state index contributed by atoms with van der Waals surface area (Å²) in [7, 11) is 0. The first kappa shape index (κ1) is 79.9. The van der Waals surface area contributed by atoms with Gasteiger partial charge in [-0.25, -0.2) is 0 Å². The molecule has 20 saturated carbocycles. The average molecular weight is 1470 g/mol. The molecule has 20 aliphatic rings. The van der Waals surface area contributed by atoms with Gasteiger partial charge in [0.2, 0.25) is 0 Å². The zero-order chi connectivity index (χ0) is 75.8. The standard InChI is InChI=1S/C23H36O2.C21H32O2.C20H34O2.C17H28O2.C14H24O3/c1-13-14(2)19-8-18(13)9-20(19)21(24)25-22(3,4)23-10-15-5-16(11-23)7-17(6-15)12-23;1-11-12(2)18-9-15(11)10-19(18)20(22)23-21(3)16-5-13-4-14(7-16)8-17(21)6-13;1-12-6-8-16(9-7-12)20(4,5)22-19(21)18-11-15-10-17(18)14(3)13(15)2;1-11-12(2)14-9-13(11)10-15(14)16(18)19-17(3)7-5-4-6-8-17;1-5-16-10(4)17-14(15)13-7-11-6-12(13)9(3)8(11)2/h13-20H,5-12H2,1-4H3;11-19H,4-10H2,1-3H3;12-18H,6-11H2,1-5H3;11-15H,4-10H2,1-3H3;8-13H,5-7H2,1-4H3. The lowest BCUT2D eigenvalue weighted by atomic mass is 9.46. The van der Waals surface area contributed by atoms with E-state index in [0.717, 1.165) is 140 Å². The van der Waals surface area contributed by atoms with E-state index in [4.69, 9.17) is 28.4 Å². The second-order valence-electron chi connectivity index (χ2n) is 44.0. The van der Waals surface area contributed by atoms with Crippen LogP contribution < -0.4 is 0 Å². The lowest BCUT2D eigenvalue weighted by Crippen LogP contribution is -2.58. The van der Waals surface area contributed by atoms with Gasteiger partial charge in [0.05, 0.1) is 29.6 Å². The SMILES string of the molecule is CC1C2CC(C(=O)OC(C)(C)C34CC5CC(CC(C5)C3)C4)C(C2)C1C.CC1C2CC(C(=O)OC3(C)C4CC5CC(C4)CC3C5)C(C2)C1C.CC1C2CC(C(=O)OC3(C)CCCCC3)C(C2)C1C.CC1CCC(C(C)(C)OC(=O)C2CC3CC2C(C)C3C)CC1.CCOC(C)OC(=O)C1CC2CC1C(C)C2C. The van der Waals surface area contributed by atoms with Crippen molar-refractivity contribution in [1.29, 1.82) is 0 Å². The predicted molar refractivity (Wildman–Crippen MR) is 419 cm³/mol. The molecule has 18 bridgehead atoms. The highest BCUT2D eigenvalue weighted by Crippen LogP contribution is 2.67. The molecular formula is C95H154O11. The Morgan fingerprint density at radius 3 is 1.08 bits per heavy atom. The third-order valence-corrected chi connectivity index (χ3v) is 38.1. The molecule has 0 N–H and O–H groups in total. The number of carbonyl (C=O) groups excluding carboxylic acids is 5. The fraction of sp³-hybridized carbons (Fsp3) is 0.947. The highest BCUT2D eigenvalue weighted by molar-refractivity contribution is 5.76. The van der Waals surface area contributed by atoms with E-state index in [9.17, 15) is 24.0 Å². The van der Waals surface area contributed by atoms with Gasteiger partial charge in [-0.15, -0.1) is 0 Å². The molecule has 600 valence electrons. The van der Waals surface area contributed by atoms with Crippen molar-refractivity contribution in [3.8, 4) is 0 Å². The van der Waals surface area contributed by atoms with Gasteiger partial charge in [0.1, 0.15) is 22.4 Å². The molecule has 11 heteroatoms. The summed E-state index contributed by atoms with van der Waals surface area (Å²) in [5.41, 5.74) is -0.591. The predicted octanol–water partition coefficient (Wildman–Crippen LogP) is 22.2. The molecule has 0 heterocycles. The smallest absolute Gasteiger partial charge is 0.311 e. The Hall–Kier alpha value is -2.69. The van der Waals surface area contributed by atoms with E-state index in [1.165, 1.54) is 148 Å². The monoisotopic (exact) mass is 1470 g/mol. The number of ether oxygens (including phenoxy) is 6. The van der Waals surface area contributed by atoms with Gasteiger partial charge in [-0.2, -0.15) is 0 Å². The Bertz CT molecular complexity index is 3020. The Morgan fingerprint density at radius 2 is 0.726 bits per heavy atom. The number of fused-ring (bicyclic) bond motifs is 10. The largest absolute Gasteiger partial charge is 0.459 e. The molecule has 26 unspecified atom stereocenters. The number of hydrogen-bond acceptors (Lipinski definition) is 11. The Labute approximate surface area is 644 Å². The topological polar surface area (TPSA) is 141 Å². The molecule has 0 spiro atoms. The van der Waals surface area contributed by atoms with Crippen LogP contribution in [0.1, 0.15) is 324 Å². The molecule has 0 aromatic heterocycles. The maximum absolute atomic E-state index is 13.2. The van der Waals surface area contributed by atoms with Crippen molar-refractivity contribution in [2.75, 3.05) is 6.61 Å². The molecule has 20 aliphatic carbocycles. The summed E-state index contributed by atoms with van der Waals surface area (Å²) in [5, 5.41) is 0. The van der Waals surface area contributed by atoms with Gasteiger partial charge in [0.25, 0.3) is 0 Å². The molecule has 20 rings (SSSR count). The van der Waals surface area contributed by atoms with Crippen LogP contribution >= 0.6 is 0 Å². The summed E-state index contributed by atoms with van der Waals surface area (Å²) in [6, 6.07) is 0. The van der Waals surface area contributed by atoms with Crippen molar-refractivity contribution < 1.29 is 52.4 Å². The minimum atomic E-state index is -0.403. The molecule has 26 atom stereocenters. The van der Waals surface area contributed by atoms with Crippen LogP contribution in [0.2, 0.25) is 0 Å². The molecule has 0 saturated heterocycles. The average Bonchev–Trinajstić information content (AvgIpc) is 0.995. The van der Waals surface area contributed by atoms with Crippen molar-refractivity contribution in [3.63, 3.8) is 0 Å². The summed E-state index contributed by atoms with van der Waals surface area (Å²) in [5.74, 6) is 22.8. The first-order valence-corrected chi connectivity index (χ1v) is 45.8. The van der Waals surface area contributed by atoms with Crippen LogP contribution in [0.4, 0.5) is 0 Å². The molecule has 0 radical (unpaired) electrons. The van der Waals surface area contributed by atoms with Gasteiger partial charge in [0.15, 0.2) is 6.29 Å². The minimum absolute atomic E-state index is 0.0443. The number of carbonyl (C=O) groups is 5. The first-order chi connectivity index (χ1) is 50.1. The van der Waals surface area contributed by atoms with E-state index in [1.807, 2.05) is 6.92 Å². The van der Waals surface area contributed by atoms with Crippen LogP contribution in [0.3, 0.4) is 0 Å². The summed E-state index contributed by atoms with van der Waals surface area (Å²) >= 11 is 0. The van der Waals surface area contributed by atoms with Crippen molar-refractivity contribution in [2.45, 2.75) is 353 Å². The van der Waals surface area contributed by atoms with Gasteiger partial charge in [-0.3, -0.25) is 24.0 Å². The molecule has 0 amide bonds. The third-order valence-electron chi connectivity index (χ3n) is 38.1. The molecule has 0 aliphatic heterocycles. The van der Waals surface area contributed by atoms with Gasteiger partial charge in [-0.1, -0.05) is 95.4 Å². The van der Waals surface area contributed by atoms with Crippen molar-refractivity contribution in [2.24, 2.45) is 207 Å². The minimum Gasteiger partial charge on any atom is -0.459 e. The van der Waals surface area contributed by atoms with Crippen LogP contribution in [-0.2, 0) is 52.4 Å². The summed E-state index contributed by atoms with van der Waals surface area (Å²) < 4.78 is 35.5. The maximum atomic E-state index is 13.2. The maximum Gasteiger partial charge on any atom is 0.311 e. The van der Waals surface area contributed by atoms with E-state index in [2.05, 4.69) is 118 Å². The fourth-order valence-electron chi connectivity index (χ4n) is 30.5. The lowest BCUT2D eigenvalue weighted by Gasteiger charge is -2.61. The quantitative estimate of drug-likeness (QED) is 0.0932. The van der Waals surface area contributed by atoms with Crippen LogP contribution in [0, 0.1) is 207 Å². The summed E-state index contributed by atoms with van der Waals surface area (Å²) in [6.45, 7) is 43.3. The summed E-state index contributed by atoms with van der Waals surface area (Å²) in [6.07, 6.45) is 37.1. The van der Waals surface area contributed by atoms with E-state index in [-0.39, 0.29) is 87.3 Å². The third kappa shape index (κ3) is 15.3. The van der Waals surface area contributed by atoms with Crippen LogP contribution in [0.25, 0.3) is 0 Å². The van der Waals surface area contributed by atoms with Gasteiger partial charge >= 0.3 is 29.8 Å². The number of esters is 5. The number of rotatable bonds is 14. The molecule has 20 fully saturated rings. The molecule has 0 aromatic rings. The normalized spacial score (nSPS) is 49.5. The Kier molecular flexibility index (Phi) is 23.3. The zero-order valence-electron chi connectivity index (χ0n) is 70.6. The first-order valence-electron chi connectivity index (χ1n) is 45.8. The highest BCUT2D eigenvalue weighted by Gasteiger charge is 2.63. The fourth-order valence-corrected chi connectivity index (χ4v) is 30.5. The van der Waals surface area contributed by atoms with Crippen molar-refractivity contribution in [1.82, 2.24) is 0 Å². The van der Waals surface area contributed by atoms with Crippen LogP contribution in [-0.4, -0.2) is 65.1 Å². The lowest BCUT2D eigenvalue weighted by molar-refractivity contribution is -0.209. The molecule has 106 heavy (non-hydrogen) atoms. The van der Waals surface area contributed by atoms with Gasteiger partial charge in [-0.05, 0) is 400 Å². The van der Waals surface area contributed by atoms with Crippen molar-refractivity contribution in [3.05, 3.63) is 0 Å². The zero-order valence-corrected chi connectivity index (χ0v) is 70.6. The van der Waals surface area contributed by atoms with Gasteiger partial charge < -0.3 is 28.4 Å². The van der Waals surface area contributed by atoms with E-state index in [1.54, 1.807) is 6.92 Å². The van der Waals surface area contributed by atoms with E-state index >= 15 is 0 Å².